The van der Waals surface area contributed by atoms with Crippen molar-refractivity contribution >= 4 is 17.6 Å². The van der Waals surface area contributed by atoms with E-state index in [-0.39, 0.29) is 18.5 Å². The number of urea groups is 1. The fourth-order valence-corrected chi connectivity index (χ4v) is 1.78. The third-order valence-corrected chi connectivity index (χ3v) is 2.80. The van der Waals surface area contributed by atoms with Crippen LogP contribution in [0.4, 0.5) is 10.5 Å². The van der Waals surface area contributed by atoms with Crippen LogP contribution in [0.5, 0.6) is 0 Å². The van der Waals surface area contributed by atoms with Crippen molar-refractivity contribution in [3.05, 3.63) is 30.3 Å². The Hall–Kier alpha value is -2.08. The van der Waals surface area contributed by atoms with Crippen molar-refractivity contribution in [2.45, 2.75) is 0 Å². The molecule has 19 heavy (non-hydrogen) atoms. The number of nitrogens with zero attached hydrogens (tertiary/aromatic N) is 1. The zero-order valence-corrected chi connectivity index (χ0v) is 10.6. The average molecular weight is 263 g/mol. The molecule has 1 aromatic carbocycles. The van der Waals surface area contributed by atoms with Gasteiger partial charge in [-0.3, -0.25) is 4.79 Å². The number of anilines is 1. The first-order valence-electron chi connectivity index (χ1n) is 6.21. The number of benzene rings is 1. The van der Waals surface area contributed by atoms with Crippen LogP contribution in [0.1, 0.15) is 0 Å². The lowest BCUT2D eigenvalue weighted by Crippen LogP contribution is -2.46. The quantitative estimate of drug-likeness (QED) is 0.842. The maximum atomic E-state index is 11.8. The highest BCUT2D eigenvalue weighted by atomic mass is 16.5. The number of rotatable bonds is 3. The zero-order chi connectivity index (χ0) is 13.5. The minimum absolute atomic E-state index is 0.00132. The molecule has 2 N–H and O–H groups in total. The van der Waals surface area contributed by atoms with Gasteiger partial charge in [-0.1, -0.05) is 18.2 Å². The van der Waals surface area contributed by atoms with E-state index in [0.717, 1.165) is 0 Å². The van der Waals surface area contributed by atoms with Crippen molar-refractivity contribution in [1.29, 1.82) is 0 Å². The Morgan fingerprint density at radius 1 is 1.16 bits per heavy atom. The summed E-state index contributed by atoms with van der Waals surface area (Å²) in [5.74, 6) is -0.0912. The summed E-state index contributed by atoms with van der Waals surface area (Å²) >= 11 is 0. The average Bonchev–Trinajstić information content (AvgIpc) is 2.47. The lowest BCUT2D eigenvalue weighted by atomic mass is 10.3. The van der Waals surface area contributed by atoms with Crippen molar-refractivity contribution < 1.29 is 14.3 Å². The van der Waals surface area contributed by atoms with E-state index in [9.17, 15) is 9.59 Å². The van der Waals surface area contributed by atoms with E-state index in [0.29, 0.717) is 32.0 Å². The Labute approximate surface area is 111 Å². The highest BCUT2D eigenvalue weighted by molar-refractivity contribution is 5.92. The van der Waals surface area contributed by atoms with Gasteiger partial charge in [0, 0.05) is 18.8 Å². The van der Waals surface area contributed by atoms with Crippen molar-refractivity contribution in [3.8, 4) is 0 Å². The molecule has 6 heteroatoms. The van der Waals surface area contributed by atoms with E-state index in [1.54, 1.807) is 17.0 Å². The number of carbonyl (C=O) groups is 2. The van der Waals surface area contributed by atoms with Crippen LogP contribution in [0.25, 0.3) is 0 Å². The fourth-order valence-electron chi connectivity index (χ4n) is 1.78. The summed E-state index contributed by atoms with van der Waals surface area (Å²) in [7, 11) is 0. The van der Waals surface area contributed by atoms with Gasteiger partial charge in [0.25, 0.3) is 0 Å². The second-order valence-electron chi connectivity index (χ2n) is 4.17. The summed E-state index contributed by atoms with van der Waals surface area (Å²) in [6.07, 6.45) is 0. The highest BCUT2D eigenvalue weighted by Gasteiger charge is 2.16. The van der Waals surface area contributed by atoms with Gasteiger partial charge in [-0.15, -0.1) is 0 Å². The summed E-state index contributed by atoms with van der Waals surface area (Å²) in [6, 6.07) is 8.70. The topological polar surface area (TPSA) is 70.7 Å². The third kappa shape index (κ3) is 4.26. The molecule has 2 rings (SSSR count). The number of amides is 3. The van der Waals surface area contributed by atoms with E-state index in [4.69, 9.17) is 4.74 Å². The molecule has 0 radical (unpaired) electrons. The molecular weight excluding hydrogens is 246 g/mol. The molecule has 0 unspecified atom stereocenters. The van der Waals surface area contributed by atoms with Crippen molar-refractivity contribution in [1.82, 2.24) is 10.2 Å². The predicted octanol–water partition coefficient (Wildman–Crippen LogP) is 0.667. The minimum Gasteiger partial charge on any atom is -0.378 e. The van der Waals surface area contributed by atoms with Crippen LogP contribution in [0.2, 0.25) is 0 Å². The molecule has 1 aromatic rings. The summed E-state index contributed by atoms with van der Waals surface area (Å²) in [5.41, 5.74) is 0.693. The van der Waals surface area contributed by atoms with Crippen LogP contribution < -0.4 is 10.6 Å². The molecule has 102 valence electrons. The Bertz CT molecular complexity index is 430. The summed E-state index contributed by atoms with van der Waals surface area (Å²) < 4.78 is 5.16. The van der Waals surface area contributed by atoms with Gasteiger partial charge in [0.15, 0.2) is 0 Å². The molecule has 0 atom stereocenters. The van der Waals surface area contributed by atoms with Gasteiger partial charge in [-0.05, 0) is 12.1 Å². The number of hydrogen-bond donors (Lipinski definition) is 2. The Morgan fingerprint density at radius 2 is 1.84 bits per heavy atom. The van der Waals surface area contributed by atoms with Crippen LogP contribution in [-0.4, -0.2) is 49.7 Å². The number of hydrogen-bond acceptors (Lipinski definition) is 3. The number of nitrogens with one attached hydrogen (secondary N) is 2. The molecule has 1 saturated heterocycles. The standard InChI is InChI=1S/C13H17N3O3/c17-12(16-6-8-19-9-7-16)10-14-13(18)15-11-4-2-1-3-5-11/h1-5H,6-10H2,(H2,14,15,18). The maximum absolute atomic E-state index is 11.8. The number of ether oxygens (including phenoxy) is 1. The van der Waals surface area contributed by atoms with Crippen LogP contribution >= 0.6 is 0 Å². The van der Waals surface area contributed by atoms with E-state index < -0.39 is 0 Å². The highest BCUT2D eigenvalue weighted by Crippen LogP contribution is 2.04. The normalized spacial score (nSPS) is 14.8. The molecule has 1 heterocycles. The lowest BCUT2D eigenvalue weighted by molar-refractivity contribution is -0.134. The first-order chi connectivity index (χ1) is 9.25. The van der Waals surface area contributed by atoms with Crippen LogP contribution in [0.3, 0.4) is 0 Å². The molecule has 0 saturated carbocycles. The van der Waals surface area contributed by atoms with Crippen LogP contribution in [0.15, 0.2) is 30.3 Å². The number of morpholine rings is 1. The Morgan fingerprint density at radius 3 is 2.53 bits per heavy atom. The maximum Gasteiger partial charge on any atom is 0.319 e. The van der Waals surface area contributed by atoms with Crippen molar-refractivity contribution in [2.75, 3.05) is 38.2 Å². The first-order valence-corrected chi connectivity index (χ1v) is 6.21. The summed E-state index contributed by atoms with van der Waals surface area (Å²) in [5, 5.41) is 5.20. The van der Waals surface area contributed by atoms with Gasteiger partial charge in [0.1, 0.15) is 0 Å². The molecular formula is C13H17N3O3. The van der Waals surface area contributed by atoms with Crippen molar-refractivity contribution in [2.24, 2.45) is 0 Å². The van der Waals surface area contributed by atoms with Gasteiger partial charge >= 0.3 is 6.03 Å². The first kappa shape index (κ1) is 13.4. The second-order valence-corrected chi connectivity index (χ2v) is 4.17. The monoisotopic (exact) mass is 263 g/mol. The Kier molecular flexibility index (Phi) is 4.74. The van der Waals surface area contributed by atoms with Gasteiger partial charge in [-0.25, -0.2) is 4.79 Å². The van der Waals surface area contributed by atoms with Crippen molar-refractivity contribution in [3.63, 3.8) is 0 Å². The summed E-state index contributed by atoms with van der Waals surface area (Å²) in [4.78, 5) is 25.1. The molecule has 0 spiro atoms. The smallest absolute Gasteiger partial charge is 0.319 e. The predicted molar refractivity (Wildman–Crippen MR) is 70.9 cm³/mol. The lowest BCUT2D eigenvalue weighted by Gasteiger charge is -2.26. The van der Waals surface area contributed by atoms with Gasteiger partial charge in [0.05, 0.1) is 19.8 Å². The van der Waals surface area contributed by atoms with E-state index in [1.165, 1.54) is 0 Å². The molecule has 1 aliphatic rings. The summed E-state index contributed by atoms with van der Waals surface area (Å²) in [6.45, 7) is 2.28. The van der Waals surface area contributed by atoms with E-state index >= 15 is 0 Å². The second kappa shape index (κ2) is 6.75. The number of para-hydroxylation sites is 1. The van der Waals surface area contributed by atoms with Crippen LogP contribution in [-0.2, 0) is 9.53 Å². The minimum atomic E-state index is -0.382. The molecule has 3 amide bonds. The fraction of sp³-hybridized carbons (Fsp3) is 0.385. The van der Waals surface area contributed by atoms with E-state index in [1.807, 2.05) is 18.2 Å². The zero-order valence-electron chi connectivity index (χ0n) is 10.6. The Balaban J connectivity index is 1.72. The van der Waals surface area contributed by atoms with Gasteiger partial charge < -0.3 is 20.3 Å². The van der Waals surface area contributed by atoms with E-state index in [2.05, 4.69) is 10.6 Å². The molecule has 6 nitrogen and oxygen atoms in total. The third-order valence-electron chi connectivity index (χ3n) is 2.80. The molecule has 0 bridgehead atoms. The number of carbonyl (C=O) groups excluding carboxylic acids is 2. The SMILES string of the molecule is O=C(NCC(=O)N1CCOCC1)Nc1ccccc1. The van der Waals surface area contributed by atoms with Gasteiger partial charge in [-0.2, -0.15) is 0 Å². The van der Waals surface area contributed by atoms with Gasteiger partial charge in [0.2, 0.25) is 5.91 Å². The molecule has 1 fully saturated rings. The molecule has 0 aromatic heterocycles. The van der Waals surface area contributed by atoms with Crippen LogP contribution in [0, 0.1) is 0 Å². The molecule has 0 aliphatic carbocycles. The largest absolute Gasteiger partial charge is 0.378 e. The molecule has 1 aliphatic heterocycles.